The third kappa shape index (κ3) is 4.07. The molecule has 3 rings (SSSR count). The third-order valence-electron chi connectivity index (χ3n) is 4.60. The van der Waals surface area contributed by atoms with Crippen molar-refractivity contribution < 1.29 is 9.59 Å². The van der Waals surface area contributed by atoms with Gasteiger partial charge in [0.25, 0.3) is 0 Å². The molecule has 0 saturated carbocycles. The number of anilines is 1. The molecule has 1 fully saturated rings. The Labute approximate surface area is 147 Å². The fraction of sp³-hybridized carbons (Fsp3) is 0.421. The summed E-state index contributed by atoms with van der Waals surface area (Å²) in [5, 5.41) is 2.80. The van der Waals surface area contributed by atoms with Crippen molar-refractivity contribution in [2.45, 2.75) is 45.2 Å². The number of para-hydroxylation sites is 1. The molecule has 2 amide bonds. The molecule has 1 aromatic carbocycles. The van der Waals surface area contributed by atoms with Gasteiger partial charge in [-0.2, -0.15) is 0 Å². The van der Waals surface area contributed by atoms with Crippen LogP contribution < -0.4 is 5.32 Å². The third-order valence-corrected chi connectivity index (χ3v) is 4.60. The SMILES string of the molecule is CCCc1ccccc1NC(=O)C(=O)N1CCCC1Cn1ccnc1. The van der Waals surface area contributed by atoms with Crippen LogP contribution in [0.25, 0.3) is 0 Å². The summed E-state index contributed by atoms with van der Waals surface area (Å²) in [6, 6.07) is 7.70. The molecule has 0 bridgehead atoms. The number of aryl methyl sites for hydroxylation is 1. The van der Waals surface area contributed by atoms with Gasteiger partial charge in [0.1, 0.15) is 0 Å². The average Bonchev–Trinajstić information content (AvgIpc) is 3.28. The Morgan fingerprint density at radius 3 is 2.92 bits per heavy atom. The van der Waals surface area contributed by atoms with E-state index in [1.807, 2.05) is 35.0 Å². The van der Waals surface area contributed by atoms with Crippen LogP contribution in [0.15, 0.2) is 43.0 Å². The van der Waals surface area contributed by atoms with Crippen LogP contribution in [0.2, 0.25) is 0 Å². The van der Waals surface area contributed by atoms with Crippen LogP contribution in [-0.4, -0.2) is 38.9 Å². The number of nitrogens with one attached hydrogen (secondary N) is 1. The second kappa shape index (κ2) is 7.96. The highest BCUT2D eigenvalue weighted by molar-refractivity contribution is 6.39. The van der Waals surface area contributed by atoms with E-state index in [4.69, 9.17) is 0 Å². The summed E-state index contributed by atoms with van der Waals surface area (Å²) >= 11 is 0. The zero-order chi connectivity index (χ0) is 17.6. The molecular formula is C19H24N4O2. The van der Waals surface area contributed by atoms with E-state index in [0.29, 0.717) is 13.1 Å². The highest BCUT2D eigenvalue weighted by Crippen LogP contribution is 2.21. The minimum atomic E-state index is -0.555. The number of hydrogen-bond acceptors (Lipinski definition) is 3. The number of nitrogens with zero attached hydrogens (tertiary/aromatic N) is 3. The van der Waals surface area contributed by atoms with Crippen LogP contribution >= 0.6 is 0 Å². The maximum Gasteiger partial charge on any atom is 0.313 e. The Bertz CT molecular complexity index is 727. The maximum atomic E-state index is 12.6. The number of benzene rings is 1. The number of carbonyl (C=O) groups is 2. The maximum absolute atomic E-state index is 12.6. The molecule has 0 aliphatic carbocycles. The minimum absolute atomic E-state index is 0.0401. The van der Waals surface area contributed by atoms with E-state index in [1.54, 1.807) is 17.4 Å². The summed E-state index contributed by atoms with van der Waals surface area (Å²) in [5.74, 6) is -1.00. The highest BCUT2D eigenvalue weighted by Gasteiger charge is 2.32. The van der Waals surface area contributed by atoms with Gasteiger partial charge in [0.2, 0.25) is 0 Å². The summed E-state index contributed by atoms with van der Waals surface area (Å²) < 4.78 is 1.95. The van der Waals surface area contributed by atoms with Gasteiger partial charge in [-0.25, -0.2) is 4.98 Å². The minimum Gasteiger partial charge on any atom is -0.335 e. The van der Waals surface area contributed by atoms with Crippen molar-refractivity contribution in [2.24, 2.45) is 0 Å². The average molecular weight is 340 g/mol. The summed E-state index contributed by atoms with van der Waals surface area (Å²) in [7, 11) is 0. The fourth-order valence-corrected chi connectivity index (χ4v) is 3.37. The first kappa shape index (κ1) is 17.2. The zero-order valence-corrected chi connectivity index (χ0v) is 14.5. The van der Waals surface area contributed by atoms with Crippen LogP contribution in [0.3, 0.4) is 0 Å². The first-order valence-electron chi connectivity index (χ1n) is 8.84. The molecule has 1 unspecified atom stereocenters. The van der Waals surface area contributed by atoms with E-state index < -0.39 is 11.8 Å². The van der Waals surface area contributed by atoms with Crippen LogP contribution in [0.1, 0.15) is 31.7 Å². The summed E-state index contributed by atoms with van der Waals surface area (Å²) in [6.07, 6.45) is 9.02. The van der Waals surface area contributed by atoms with Crippen molar-refractivity contribution in [1.82, 2.24) is 14.5 Å². The summed E-state index contributed by atoms with van der Waals surface area (Å²) in [6.45, 7) is 3.39. The van der Waals surface area contributed by atoms with Gasteiger partial charge in [0.15, 0.2) is 0 Å². The molecule has 1 atom stereocenters. The predicted octanol–water partition coefficient (Wildman–Crippen LogP) is 2.47. The van der Waals surface area contributed by atoms with Gasteiger partial charge in [0.05, 0.1) is 12.4 Å². The molecule has 1 saturated heterocycles. The van der Waals surface area contributed by atoms with Gasteiger partial charge in [-0.05, 0) is 30.9 Å². The van der Waals surface area contributed by atoms with Crippen molar-refractivity contribution in [3.8, 4) is 0 Å². The second-order valence-electron chi connectivity index (χ2n) is 6.42. The van der Waals surface area contributed by atoms with Gasteiger partial charge in [-0.3, -0.25) is 9.59 Å². The normalized spacial score (nSPS) is 16.8. The Balaban J connectivity index is 1.66. The molecule has 1 aliphatic heterocycles. The van der Waals surface area contributed by atoms with E-state index in [9.17, 15) is 9.59 Å². The lowest BCUT2D eigenvalue weighted by Crippen LogP contribution is -2.44. The van der Waals surface area contributed by atoms with Crippen molar-refractivity contribution >= 4 is 17.5 Å². The lowest BCUT2D eigenvalue weighted by Gasteiger charge is -2.24. The number of likely N-dealkylation sites (tertiary alicyclic amines) is 1. The predicted molar refractivity (Wildman–Crippen MR) is 96.0 cm³/mol. The number of carbonyl (C=O) groups excluding carboxylic acids is 2. The molecule has 1 aromatic heterocycles. The van der Waals surface area contributed by atoms with E-state index in [-0.39, 0.29) is 6.04 Å². The lowest BCUT2D eigenvalue weighted by atomic mass is 10.1. The molecule has 2 heterocycles. The van der Waals surface area contributed by atoms with Gasteiger partial charge in [-0.1, -0.05) is 31.5 Å². The second-order valence-corrected chi connectivity index (χ2v) is 6.42. The highest BCUT2D eigenvalue weighted by atomic mass is 16.2. The molecule has 6 nitrogen and oxygen atoms in total. The zero-order valence-electron chi connectivity index (χ0n) is 14.5. The number of hydrogen-bond donors (Lipinski definition) is 1. The lowest BCUT2D eigenvalue weighted by molar-refractivity contribution is -0.143. The molecule has 0 spiro atoms. The number of aromatic nitrogens is 2. The first-order valence-corrected chi connectivity index (χ1v) is 8.84. The summed E-state index contributed by atoms with van der Waals surface area (Å²) in [4.78, 5) is 30.9. The summed E-state index contributed by atoms with van der Waals surface area (Å²) in [5.41, 5.74) is 1.79. The molecule has 1 aliphatic rings. The van der Waals surface area contributed by atoms with Gasteiger partial charge < -0.3 is 14.8 Å². The van der Waals surface area contributed by atoms with Crippen molar-refractivity contribution in [2.75, 3.05) is 11.9 Å². The molecule has 2 aromatic rings. The monoisotopic (exact) mass is 340 g/mol. The van der Waals surface area contributed by atoms with Crippen molar-refractivity contribution in [1.29, 1.82) is 0 Å². The number of amides is 2. The smallest absolute Gasteiger partial charge is 0.313 e. The van der Waals surface area contributed by atoms with Crippen LogP contribution in [0.4, 0.5) is 5.69 Å². The van der Waals surface area contributed by atoms with Gasteiger partial charge in [0, 0.05) is 31.2 Å². The Kier molecular flexibility index (Phi) is 5.48. The standard InChI is InChI=1S/C19H24N4O2/c1-2-6-15-7-3-4-9-17(15)21-18(24)19(25)23-11-5-8-16(23)13-22-12-10-20-14-22/h3-4,7,9-10,12,14,16H,2,5-6,8,11,13H2,1H3,(H,21,24). The molecule has 25 heavy (non-hydrogen) atoms. The quantitative estimate of drug-likeness (QED) is 0.850. The molecular weight excluding hydrogens is 316 g/mol. The Morgan fingerprint density at radius 1 is 1.32 bits per heavy atom. The van der Waals surface area contributed by atoms with Crippen LogP contribution in [0, 0.1) is 0 Å². The Morgan fingerprint density at radius 2 is 2.16 bits per heavy atom. The number of imidazole rings is 1. The van der Waals surface area contributed by atoms with Gasteiger partial charge >= 0.3 is 11.8 Å². The number of rotatable bonds is 5. The van der Waals surface area contributed by atoms with Crippen LogP contribution in [-0.2, 0) is 22.6 Å². The fourth-order valence-electron chi connectivity index (χ4n) is 3.37. The molecule has 6 heteroatoms. The van der Waals surface area contributed by atoms with E-state index in [0.717, 1.165) is 36.9 Å². The first-order chi connectivity index (χ1) is 12.2. The van der Waals surface area contributed by atoms with E-state index in [2.05, 4.69) is 17.2 Å². The van der Waals surface area contributed by atoms with Crippen molar-refractivity contribution in [3.05, 3.63) is 48.5 Å². The van der Waals surface area contributed by atoms with Crippen LogP contribution in [0.5, 0.6) is 0 Å². The Hall–Kier alpha value is -2.63. The van der Waals surface area contributed by atoms with E-state index >= 15 is 0 Å². The van der Waals surface area contributed by atoms with Crippen molar-refractivity contribution in [3.63, 3.8) is 0 Å². The largest absolute Gasteiger partial charge is 0.335 e. The van der Waals surface area contributed by atoms with Gasteiger partial charge in [-0.15, -0.1) is 0 Å². The molecule has 132 valence electrons. The van der Waals surface area contributed by atoms with E-state index in [1.165, 1.54) is 0 Å². The molecule has 1 N–H and O–H groups in total. The molecule has 0 radical (unpaired) electrons. The topological polar surface area (TPSA) is 67.2 Å².